The van der Waals surface area contributed by atoms with Crippen LogP contribution in [0.25, 0.3) is 0 Å². The van der Waals surface area contributed by atoms with E-state index in [4.69, 9.17) is 0 Å². The molecule has 1 atom stereocenters. The number of hydrogen-bond acceptors (Lipinski definition) is 3. The minimum atomic E-state index is -0.272. The summed E-state index contributed by atoms with van der Waals surface area (Å²) in [5.41, 5.74) is 0.945. The third kappa shape index (κ3) is 3.25. The molecule has 1 aromatic carbocycles. The first-order valence-electron chi connectivity index (χ1n) is 8.22. The second-order valence-corrected chi connectivity index (χ2v) is 6.35. The van der Waals surface area contributed by atoms with Gasteiger partial charge in [0.15, 0.2) is 0 Å². The number of nitrogens with one attached hydrogen (secondary N) is 1. The van der Waals surface area contributed by atoms with Crippen LogP contribution < -0.4 is 5.32 Å². The standard InChI is InChI=1S/C17H22FN5O/c1-11(2)23-12(3)19-16(21-23)20-17(24)22-10-4-5-15(22)13-6-8-14(18)9-7-13/h6-9,11,15H,4-5,10H2,1-3H3,(H,20,21,24). The maximum Gasteiger partial charge on any atom is 0.324 e. The highest BCUT2D eigenvalue weighted by Crippen LogP contribution is 2.32. The Morgan fingerprint density at radius 3 is 2.67 bits per heavy atom. The van der Waals surface area contributed by atoms with Crippen LogP contribution in [-0.4, -0.2) is 32.2 Å². The number of halogens is 1. The molecule has 1 N–H and O–H groups in total. The number of amides is 2. The van der Waals surface area contributed by atoms with Crippen LogP contribution in [0.5, 0.6) is 0 Å². The summed E-state index contributed by atoms with van der Waals surface area (Å²) in [7, 11) is 0. The molecule has 3 rings (SSSR count). The van der Waals surface area contributed by atoms with Crippen molar-refractivity contribution in [3.05, 3.63) is 41.5 Å². The summed E-state index contributed by atoms with van der Waals surface area (Å²) in [6.45, 7) is 6.55. The lowest BCUT2D eigenvalue weighted by Gasteiger charge is -2.24. The predicted octanol–water partition coefficient (Wildman–Crippen LogP) is 3.68. The number of rotatable bonds is 3. The van der Waals surface area contributed by atoms with Crippen molar-refractivity contribution >= 4 is 12.0 Å². The third-order valence-corrected chi connectivity index (χ3v) is 4.28. The van der Waals surface area contributed by atoms with E-state index >= 15 is 0 Å². The van der Waals surface area contributed by atoms with E-state index in [1.54, 1.807) is 21.7 Å². The first kappa shape index (κ1) is 16.4. The number of aromatic nitrogens is 3. The molecule has 0 spiro atoms. The van der Waals surface area contributed by atoms with Crippen LogP contribution >= 0.6 is 0 Å². The van der Waals surface area contributed by atoms with E-state index in [-0.39, 0.29) is 23.9 Å². The summed E-state index contributed by atoms with van der Waals surface area (Å²) in [6, 6.07) is 6.25. The van der Waals surface area contributed by atoms with Crippen LogP contribution in [-0.2, 0) is 0 Å². The number of aryl methyl sites for hydroxylation is 1. The van der Waals surface area contributed by atoms with Gasteiger partial charge in [-0.05, 0) is 51.3 Å². The summed E-state index contributed by atoms with van der Waals surface area (Å²) < 4.78 is 14.9. The molecular formula is C17H22FN5O. The Labute approximate surface area is 140 Å². The van der Waals surface area contributed by atoms with Crippen LogP contribution in [0.1, 0.15) is 50.2 Å². The largest absolute Gasteiger partial charge is 0.324 e. The lowest BCUT2D eigenvalue weighted by molar-refractivity contribution is 0.207. The molecule has 1 aromatic heterocycles. The minimum Gasteiger partial charge on any atom is -0.317 e. The molecule has 0 saturated carbocycles. The van der Waals surface area contributed by atoms with Gasteiger partial charge in [-0.25, -0.2) is 13.9 Å². The van der Waals surface area contributed by atoms with Crippen molar-refractivity contribution in [3.63, 3.8) is 0 Å². The number of anilines is 1. The van der Waals surface area contributed by atoms with Crippen molar-refractivity contribution in [2.75, 3.05) is 11.9 Å². The Balaban J connectivity index is 1.74. The molecule has 1 aliphatic rings. The fourth-order valence-corrected chi connectivity index (χ4v) is 3.15. The maximum absolute atomic E-state index is 13.1. The molecule has 24 heavy (non-hydrogen) atoms. The quantitative estimate of drug-likeness (QED) is 0.933. The van der Waals surface area contributed by atoms with Crippen LogP contribution in [0.15, 0.2) is 24.3 Å². The van der Waals surface area contributed by atoms with Gasteiger partial charge in [-0.2, -0.15) is 4.98 Å². The van der Waals surface area contributed by atoms with Crippen molar-refractivity contribution in [2.45, 2.75) is 45.7 Å². The Morgan fingerprint density at radius 2 is 2.04 bits per heavy atom. The van der Waals surface area contributed by atoms with Gasteiger partial charge in [0.05, 0.1) is 6.04 Å². The number of urea groups is 1. The van der Waals surface area contributed by atoms with E-state index in [0.29, 0.717) is 12.5 Å². The van der Waals surface area contributed by atoms with Gasteiger partial charge in [0.1, 0.15) is 11.6 Å². The van der Waals surface area contributed by atoms with E-state index in [2.05, 4.69) is 15.4 Å². The topological polar surface area (TPSA) is 63.1 Å². The monoisotopic (exact) mass is 331 g/mol. The molecule has 1 saturated heterocycles. The zero-order chi connectivity index (χ0) is 17.3. The van der Waals surface area contributed by atoms with Crippen LogP contribution in [0, 0.1) is 12.7 Å². The van der Waals surface area contributed by atoms with Crippen molar-refractivity contribution in [1.29, 1.82) is 0 Å². The van der Waals surface area contributed by atoms with Gasteiger partial charge in [-0.3, -0.25) is 5.32 Å². The summed E-state index contributed by atoms with van der Waals surface area (Å²) in [5, 5.41) is 7.11. The van der Waals surface area contributed by atoms with E-state index in [9.17, 15) is 9.18 Å². The highest BCUT2D eigenvalue weighted by Gasteiger charge is 2.30. The van der Waals surface area contributed by atoms with E-state index < -0.39 is 0 Å². The highest BCUT2D eigenvalue weighted by atomic mass is 19.1. The number of benzene rings is 1. The SMILES string of the molecule is Cc1nc(NC(=O)N2CCCC2c2ccc(F)cc2)nn1C(C)C. The van der Waals surface area contributed by atoms with Crippen LogP contribution in [0.2, 0.25) is 0 Å². The highest BCUT2D eigenvalue weighted by molar-refractivity contribution is 5.88. The molecule has 2 heterocycles. The van der Waals surface area contributed by atoms with Crippen molar-refractivity contribution in [1.82, 2.24) is 19.7 Å². The Kier molecular flexibility index (Phi) is 4.51. The molecule has 1 unspecified atom stereocenters. The number of likely N-dealkylation sites (tertiary alicyclic amines) is 1. The van der Waals surface area contributed by atoms with E-state index in [0.717, 1.165) is 24.2 Å². The van der Waals surface area contributed by atoms with Gasteiger partial charge >= 0.3 is 6.03 Å². The first-order valence-corrected chi connectivity index (χ1v) is 8.22. The molecule has 1 aliphatic heterocycles. The molecule has 128 valence electrons. The molecule has 2 aromatic rings. The zero-order valence-corrected chi connectivity index (χ0v) is 14.2. The molecule has 2 amide bonds. The van der Waals surface area contributed by atoms with E-state index in [1.165, 1.54) is 12.1 Å². The van der Waals surface area contributed by atoms with Crippen LogP contribution in [0.4, 0.5) is 15.1 Å². The van der Waals surface area contributed by atoms with Gasteiger partial charge in [-0.15, -0.1) is 5.10 Å². The Bertz CT molecular complexity index is 725. The maximum atomic E-state index is 13.1. The molecule has 7 heteroatoms. The normalized spacial score (nSPS) is 17.5. The summed E-state index contributed by atoms with van der Waals surface area (Å²) in [4.78, 5) is 18.7. The fraction of sp³-hybridized carbons (Fsp3) is 0.471. The van der Waals surface area contributed by atoms with E-state index in [1.807, 2.05) is 20.8 Å². The second kappa shape index (κ2) is 6.59. The number of hydrogen-bond donors (Lipinski definition) is 1. The van der Waals surface area contributed by atoms with Crippen LogP contribution in [0.3, 0.4) is 0 Å². The van der Waals surface area contributed by atoms with Crippen molar-refractivity contribution < 1.29 is 9.18 Å². The number of nitrogens with zero attached hydrogens (tertiary/aromatic N) is 4. The summed E-state index contributed by atoms with van der Waals surface area (Å²) in [6.07, 6.45) is 1.79. The van der Waals surface area contributed by atoms with Crippen molar-refractivity contribution in [2.24, 2.45) is 0 Å². The molecule has 0 aliphatic carbocycles. The average molecular weight is 331 g/mol. The molecule has 1 fully saturated rings. The lowest BCUT2D eigenvalue weighted by Crippen LogP contribution is -2.34. The minimum absolute atomic E-state index is 0.0427. The van der Waals surface area contributed by atoms with Gasteiger partial charge in [0.2, 0.25) is 5.95 Å². The first-order chi connectivity index (χ1) is 11.5. The zero-order valence-electron chi connectivity index (χ0n) is 14.2. The lowest BCUT2D eigenvalue weighted by atomic mass is 10.0. The fourth-order valence-electron chi connectivity index (χ4n) is 3.15. The molecule has 0 bridgehead atoms. The molecule has 6 nitrogen and oxygen atoms in total. The summed E-state index contributed by atoms with van der Waals surface area (Å²) in [5.74, 6) is 0.805. The Hall–Kier alpha value is -2.44. The van der Waals surface area contributed by atoms with Crippen molar-refractivity contribution in [3.8, 4) is 0 Å². The Morgan fingerprint density at radius 1 is 1.33 bits per heavy atom. The summed E-state index contributed by atoms with van der Waals surface area (Å²) >= 11 is 0. The van der Waals surface area contributed by atoms with Gasteiger partial charge in [-0.1, -0.05) is 12.1 Å². The number of carbonyl (C=O) groups is 1. The smallest absolute Gasteiger partial charge is 0.317 e. The predicted molar refractivity (Wildman–Crippen MR) is 89.2 cm³/mol. The third-order valence-electron chi connectivity index (χ3n) is 4.28. The molecular weight excluding hydrogens is 309 g/mol. The second-order valence-electron chi connectivity index (χ2n) is 6.35. The average Bonchev–Trinajstić information content (AvgIpc) is 3.15. The van der Waals surface area contributed by atoms with Gasteiger partial charge < -0.3 is 4.90 Å². The van der Waals surface area contributed by atoms with Gasteiger partial charge in [0, 0.05) is 12.6 Å². The molecule has 0 radical (unpaired) electrons. The van der Waals surface area contributed by atoms with Gasteiger partial charge in [0.25, 0.3) is 0 Å². The number of carbonyl (C=O) groups excluding carboxylic acids is 1.